The van der Waals surface area contributed by atoms with Crippen LogP contribution in [-0.2, 0) is 19.6 Å². The van der Waals surface area contributed by atoms with E-state index in [4.69, 9.17) is 17.7 Å². The second-order valence-corrected chi connectivity index (χ2v) is 8.18. The summed E-state index contributed by atoms with van der Waals surface area (Å²) in [6, 6.07) is 0. The van der Waals surface area contributed by atoms with Crippen LogP contribution >= 0.6 is 0 Å². The van der Waals surface area contributed by atoms with Crippen molar-refractivity contribution in [2.24, 2.45) is 5.92 Å². The van der Waals surface area contributed by atoms with Gasteiger partial charge in [0.1, 0.15) is 5.60 Å². The molecule has 0 aliphatic rings. The summed E-state index contributed by atoms with van der Waals surface area (Å²) in [5.74, 6) is 0.0753. The second kappa shape index (κ2) is 11.7. The maximum atomic E-state index is 11.9. The van der Waals surface area contributed by atoms with Gasteiger partial charge in [-0.25, -0.2) is 0 Å². The van der Waals surface area contributed by atoms with E-state index in [1.165, 1.54) is 25.7 Å². The molecule has 0 amide bonds. The molecule has 0 aliphatic carbocycles. The third-order valence-electron chi connectivity index (χ3n) is 3.18. The fourth-order valence-corrected chi connectivity index (χ4v) is 1.87. The van der Waals surface area contributed by atoms with Gasteiger partial charge < -0.3 is 4.74 Å². The first-order chi connectivity index (χ1) is 11.2. The molecule has 0 heterocycles. The van der Waals surface area contributed by atoms with Crippen molar-refractivity contribution in [2.75, 3.05) is 0 Å². The Morgan fingerprint density at radius 2 is 1.48 bits per heavy atom. The molecular formula is C16H31F3O5S. The molecule has 0 fully saturated rings. The van der Waals surface area contributed by atoms with Crippen LogP contribution in [0.4, 0.5) is 13.2 Å². The molecule has 0 aromatic heterocycles. The number of alkyl halides is 3. The number of rotatable bonds is 8. The molecule has 0 spiro atoms. The van der Waals surface area contributed by atoms with E-state index in [1.807, 2.05) is 20.8 Å². The zero-order chi connectivity index (χ0) is 20.3. The lowest BCUT2D eigenvalue weighted by molar-refractivity contribution is -0.160. The fourth-order valence-electron chi connectivity index (χ4n) is 1.87. The number of carbonyl (C=O) groups is 1. The van der Waals surface area contributed by atoms with Crippen molar-refractivity contribution in [1.82, 2.24) is 0 Å². The van der Waals surface area contributed by atoms with E-state index < -0.39 is 15.6 Å². The van der Waals surface area contributed by atoms with Crippen LogP contribution in [0.5, 0.6) is 0 Å². The van der Waals surface area contributed by atoms with Gasteiger partial charge in [0, 0.05) is 0 Å². The highest BCUT2D eigenvalue weighted by Crippen LogP contribution is 2.21. The Balaban J connectivity index is 0. The van der Waals surface area contributed by atoms with E-state index in [0.29, 0.717) is 0 Å². The van der Waals surface area contributed by atoms with Crippen LogP contribution in [0, 0.1) is 5.92 Å². The summed E-state index contributed by atoms with van der Waals surface area (Å²) < 4.78 is 63.0. The maximum absolute atomic E-state index is 11.9. The quantitative estimate of drug-likeness (QED) is 0.269. The van der Waals surface area contributed by atoms with Crippen LogP contribution in [0.15, 0.2) is 0 Å². The summed E-state index contributed by atoms with van der Waals surface area (Å²) in [4.78, 5) is 11.9. The zero-order valence-electron chi connectivity index (χ0n) is 15.6. The van der Waals surface area contributed by atoms with Crippen molar-refractivity contribution in [3.8, 4) is 0 Å². The molecule has 152 valence electrons. The van der Waals surface area contributed by atoms with Crippen molar-refractivity contribution in [1.29, 1.82) is 0 Å². The average molecular weight is 392 g/mol. The molecule has 0 rings (SSSR count). The summed E-state index contributed by atoms with van der Waals surface area (Å²) in [7, 11) is -5.84. The standard InChI is InChI=1S/C15H30O2.CHF3O3S/c1-6-8-9-10-11-12-13(7-2)14(16)17-15(3,4)5;2-1(3,4)8(5,6)7/h13H,6-12H2,1-5H3;(H,5,6,7). The Labute approximate surface area is 149 Å². The van der Waals surface area contributed by atoms with Crippen molar-refractivity contribution >= 4 is 16.1 Å². The number of halogens is 3. The van der Waals surface area contributed by atoms with Gasteiger partial charge in [0.15, 0.2) is 0 Å². The molecule has 0 aromatic rings. The monoisotopic (exact) mass is 392 g/mol. The number of hydrogen-bond acceptors (Lipinski definition) is 4. The smallest absolute Gasteiger partial charge is 0.460 e. The van der Waals surface area contributed by atoms with Crippen molar-refractivity contribution < 1.29 is 35.7 Å². The molecule has 0 saturated heterocycles. The third-order valence-corrected chi connectivity index (χ3v) is 3.77. The summed E-state index contributed by atoms with van der Waals surface area (Å²) in [5, 5.41) is 0. The first kappa shape index (κ1) is 26.4. The number of esters is 1. The van der Waals surface area contributed by atoms with Crippen LogP contribution < -0.4 is 0 Å². The van der Waals surface area contributed by atoms with Crippen LogP contribution in [-0.4, -0.2) is 30.0 Å². The lowest BCUT2D eigenvalue weighted by Crippen LogP contribution is -2.28. The van der Waals surface area contributed by atoms with Gasteiger partial charge in [-0.15, -0.1) is 0 Å². The van der Waals surface area contributed by atoms with Gasteiger partial charge in [-0.3, -0.25) is 9.35 Å². The van der Waals surface area contributed by atoms with E-state index >= 15 is 0 Å². The molecule has 9 heteroatoms. The molecular weight excluding hydrogens is 361 g/mol. The predicted molar refractivity (Wildman–Crippen MR) is 90.6 cm³/mol. The van der Waals surface area contributed by atoms with Gasteiger partial charge in [-0.1, -0.05) is 46.0 Å². The number of hydrogen-bond donors (Lipinski definition) is 1. The first-order valence-corrected chi connectivity index (χ1v) is 9.86. The van der Waals surface area contributed by atoms with Gasteiger partial charge >= 0.3 is 21.6 Å². The molecule has 1 unspecified atom stereocenters. The second-order valence-electron chi connectivity index (χ2n) is 6.76. The molecule has 0 bridgehead atoms. The van der Waals surface area contributed by atoms with Crippen LogP contribution in [0.3, 0.4) is 0 Å². The summed E-state index contributed by atoms with van der Waals surface area (Å²) in [6.07, 6.45) is 8.14. The molecule has 25 heavy (non-hydrogen) atoms. The van der Waals surface area contributed by atoms with Gasteiger partial charge in [0.2, 0.25) is 0 Å². The molecule has 5 nitrogen and oxygen atoms in total. The lowest BCUT2D eigenvalue weighted by Gasteiger charge is -2.23. The van der Waals surface area contributed by atoms with Crippen LogP contribution in [0.2, 0.25) is 0 Å². The minimum atomic E-state index is -5.84. The van der Waals surface area contributed by atoms with Gasteiger partial charge in [-0.2, -0.15) is 21.6 Å². The van der Waals surface area contributed by atoms with Crippen molar-refractivity contribution in [3.63, 3.8) is 0 Å². The number of carbonyl (C=O) groups excluding carboxylic acids is 1. The number of ether oxygens (including phenoxy) is 1. The summed E-state index contributed by atoms with van der Waals surface area (Å²) in [6.45, 7) is 10.1. The van der Waals surface area contributed by atoms with Crippen LogP contribution in [0.1, 0.15) is 79.6 Å². The molecule has 0 saturated carbocycles. The van der Waals surface area contributed by atoms with Crippen molar-refractivity contribution in [3.05, 3.63) is 0 Å². The Kier molecular flexibility index (Phi) is 12.4. The van der Waals surface area contributed by atoms with Gasteiger partial charge in [-0.05, 0) is 33.6 Å². The van der Waals surface area contributed by atoms with E-state index in [0.717, 1.165) is 19.3 Å². The Morgan fingerprint density at radius 3 is 1.80 bits per heavy atom. The van der Waals surface area contributed by atoms with Crippen molar-refractivity contribution in [2.45, 2.75) is 90.7 Å². The number of unbranched alkanes of at least 4 members (excludes halogenated alkanes) is 4. The minimum Gasteiger partial charge on any atom is -0.460 e. The van der Waals surface area contributed by atoms with E-state index in [1.54, 1.807) is 0 Å². The summed E-state index contributed by atoms with van der Waals surface area (Å²) >= 11 is 0. The van der Waals surface area contributed by atoms with Gasteiger partial charge in [0.25, 0.3) is 0 Å². The van der Waals surface area contributed by atoms with Crippen LogP contribution in [0.25, 0.3) is 0 Å². The molecule has 0 radical (unpaired) electrons. The maximum Gasteiger partial charge on any atom is 0.522 e. The highest BCUT2D eigenvalue weighted by atomic mass is 32.2. The highest BCUT2D eigenvalue weighted by molar-refractivity contribution is 7.86. The van der Waals surface area contributed by atoms with E-state index in [-0.39, 0.29) is 17.5 Å². The molecule has 1 atom stereocenters. The molecule has 0 aliphatic heterocycles. The van der Waals surface area contributed by atoms with Gasteiger partial charge in [0.05, 0.1) is 5.92 Å². The Hall–Kier alpha value is -0.830. The zero-order valence-corrected chi connectivity index (χ0v) is 16.5. The van der Waals surface area contributed by atoms with E-state index in [2.05, 4.69) is 13.8 Å². The largest absolute Gasteiger partial charge is 0.522 e. The Morgan fingerprint density at radius 1 is 1.04 bits per heavy atom. The average Bonchev–Trinajstić information content (AvgIpc) is 2.39. The fraction of sp³-hybridized carbons (Fsp3) is 0.938. The van der Waals surface area contributed by atoms with E-state index in [9.17, 15) is 18.0 Å². The normalized spacial score (nSPS) is 13.6. The first-order valence-electron chi connectivity index (χ1n) is 8.42. The molecule has 0 aromatic carbocycles. The molecule has 1 N–H and O–H groups in total. The lowest BCUT2D eigenvalue weighted by atomic mass is 9.98. The minimum absolute atomic E-state index is 0.0181. The Bertz CT molecular complexity index is 467. The topological polar surface area (TPSA) is 80.7 Å². The highest BCUT2D eigenvalue weighted by Gasteiger charge is 2.44. The predicted octanol–water partition coefficient (Wildman–Crippen LogP) is 5.11. The SMILES string of the molecule is CCCCCCCC(CC)C(=O)OC(C)(C)C.O=S(=O)(O)C(F)(F)F. The third kappa shape index (κ3) is 15.2. The summed E-state index contributed by atoms with van der Waals surface area (Å²) in [5.41, 5.74) is -5.89.